The highest BCUT2D eigenvalue weighted by Crippen LogP contribution is 2.31. The number of rotatable bonds is 3. The third kappa shape index (κ3) is 3.43. The minimum Gasteiger partial charge on any atom is -0.357 e. The zero-order chi connectivity index (χ0) is 13.1. The maximum absolute atomic E-state index is 12.1. The van der Waals surface area contributed by atoms with Crippen LogP contribution in [0.25, 0.3) is 0 Å². The van der Waals surface area contributed by atoms with Crippen molar-refractivity contribution >= 4 is 11.8 Å². The van der Waals surface area contributed by atoms with Crippen LogP contribution in [0.15, 0.2) is 0 Å². The summed E-state index contributed by atoms with van der Waals surface area (Å²) in [4.78, 5) is 23.4. The van der Waals surface area contributed by atoms with Crippen LogP contribution in [-0.2, 0) is 9.59 Å². The highest BCUT2D eigenvalue weighted by molar-refractivity contribution is 5.88. The van der Waals surface area contributed by atoms with Gasteiger partial charge in [-0.15, -0.1) is 0 Å². The molecule has 0 aliphatic heterocycles. The molecule has 2 amide bonds. The molecule has 0 radical (unpaired) electrons. The smallest absolute Gasteiger partial charge is 0.242 e. The molecule has 0 bridgehead atoms. The predicted molar refractivity (Wildman–Crippen MR) is 66.2 cm³/mol. The molecule has 1 rings (SSSR count). The van der Waals surface area contributed by atoms with Gasteiger partial charge < -0.3 is 16.4 Å². The first-order chi connectivity index (χ1) is 7.88. The van der Waals surface area contributed by atoms with Gasteiger partial charge in [0.25, 0.3) is 0 Å². The first-order valence-electron chi connectivity index (χ1n) is 6.19. The Kier molecular flexibility index (Phi) is 4.51. The van der Waals surface area contributed by atoms with E-state index in [1.54, 1.807) is 14.0 Å². The molecule has 0 aromatic carbocycles. The average Bonchev–Trinajstić information content (AvgIpc) is 2.26. The summed E-state index contributed by atoms with van der Waals surface area (Å²) in [6, 6.07) is -0.509. The minimum atomic E-state index is -0.509. The molecule has 5 heteroatoms. The summed E-state index contributed by atoms with van der Waals surface area (Å²) in [6.07, 6.45) is 3.76. The molecule has 1 fully saturated rings. The van der Waals surface area contributed by atoms with Crippen molar-refractivity contribution in [3.05, 3.63) is 0 Å². The third-order valence-electron chi connectivity index (χ3n) is 3.57. The topological polar surface area (TPSA) is 84.2 Å². The maximum atomic E-state index is 12.1. The van der Waals surface area contributed by atoms with Crippen molar-refractivity contribution in [1.82, 2.24) is 10.6 Å². The number of amides is 2. The third-order valence-corrected chi connectivity index (χ3v) is 3.57. The summed E-state index contributed by atoms with van der Waals surface area (Å²) in [5.74, 6) is -0.484. The van der Waals surface area contributed by atoms with E-state index in [-0.39, 0.29) is 17.7 Å². The fourth-order valence-corrected chi connectivity index (χ4v) is 2.38. The van der Waals surface area contributed by atoms with Crippen LogP contribution >= 0.6 is 0 Å². The Hall–Kier alpha value is -1.10. The SMILES string of the molecule is CNC(=O)[C@@H](C)NC(=O)C1CCCCC1(C)N. The molecule has 1 saturated carbocycles. The Balaban J connectivity index is 2.60. The lowest BCUT2D eigenvalue weighted by atomic mass is 9.74. The molecule has 0 aromatic heterocycles. The molecular formula is C12H23N3O2. The average molecular weight is 241 g/mol. The Labute approximate surface area is 103 Å². The lowest BCUT2D eigenvalue weighted by Crippen LogP contribution is -2.55. The largest absolute Gasteiger partial charge is 0.357 e. The number of carbonyl (C=O) groups is 2. The molecule has 2 unspecified atom stereocenters. The molecule has 0 saturated heterocycles. The van der Waals surface area contributed by atoms with E-state index in [2.05, 4.69) is 10.6 Å². The van der Waals surface area contributed by atoms with E-state index in [9.17, 15) is 9.59 Å². The van der Waals surface area contributed by atoms with E-state index in [1.165, 1.54) is 0 Å². The standard InChI is InChI=1S/C12H23N3O2/c1-8(10(16)14-3)15-11(17)9-6-4-5-7-12(9,2)13/h8-9H,4-7,13H2,1-3H3,(H,14,16)(H,15,17)/t8-,9?,12?/m1/s1. The Morgan fingerprint density at radius 3 is 2.59 bits per heavy atom. The zero-order valence-corrected chi connectivity index (χ0v) is 10.9. The van der Waals surface area contributed by atoms with Gasteiger partial charge in [0.05, 0.1) is 5.92 Å². The second-order valence-electron chi connectivity index (χ2n) is 5.15. The monoisotopic (exact) mass is 241 g/mol. The normalized spacial score (nSPS) is 30.5. The summed E-state index contributed by atoms with van der Waals surface area (Å²) in [5, 5.41) is 5.23. The van der Waals surface area contributed by atoms with E-state index < -0.39 is 11.6 Å². The van der Waals surface area contributed by atoms with Gasteiger partial charge in [0.1, 0.15) is 6.04 Å². The quantitative estimate of drug-likeness (QED) is 0.657. The van der Waals surface area contributed by atoms with Gasteiger partial charge in [-0.3, -0.25) is 9.59 Å². The Morgan fingerprint density at radius 2 is 2.06 bits per heavy atom. The summed E-state index contributed by atoms with van der Waals surface area (Å²) < 4.78 is 0. The molecule has 0 spiro atoms. The van der Waals surface area contributed by atoms with Crippen LogP contribution in [0.1, 0.15) is 39.5 Å². The van der Waals surface area contributed by atoms with Crippen LogP contribution in [0, 0.1) is 5.92 Å². The van der Waals surface area contributed by atoms with Gasteiger partial charge in [-0.1, -0.05) is 12.8 Å². The molecule has 1 aliphatic carbocycles. The maximum Gasteiger partial charge on any atom is 0.242 e. The van der Waals surface area contributed by atoms with Gasteiger partial charge >= 0.3 is 0 Å². The molecule has 5 nitrogen and oxygen atoms in total. The van der Waals surface area contributed by atoms with Crippen molar-refractivity contribution in [2.75, 3.05) is 7.05 Å². The van der Waals surface area contributed by atoms with E-state index in [0.29, 0.717) is 0 Å². The van der Waals surface area contributed by atoms with Crippen LogP contribution in [0.4, 0.5) is 0 Å². The summed E-state index contributed by atoms with van der Waals surface area (Å²) in [6.45, 7) is 3.59. The highest BCUT2D eigenvalue weighted by atomic mass is 16.2. The van der Waals surface area contributed by atoms with E-state index in [0.717, 1.165) is 25.7 Å². The van der Waals surface area contributed by atoms with E-state index in [4.69, 9.17) is 5.73 Å². The Bertz CT molecular complexity index is 302. The number of likely N-dealkylation sites (N-methyl/N-ethyl adjacent to an activating group) is 1. The first-order valence-corrected chi connectivity index (χ1v) is 6.19. The van der Waals surface area contributed by atoms with Crippen molar-refractivity contribution in [3.63, 3.8) is 0 Å². The van der Waals surface area contributed by atoms with E-state index in [1.807, 2.05) is 6.92 Å². The summed E-state index contributed by atoms with van der Waals surface area (Å²) in [5.41, 5.74) is 5.69. The molecule has 1 aliphatic rings. The van der Waals surface area contributed by atoms with Crippen molar-refractivity contribution in [3.8, 4) is 0 Å². The highest BCUT2D eigenvalue weighted by Gasteiger charge is 2.38. The van der Waals surface area contributed by atoms with Crippen molar-refractivity contribution in [2.24, 2.45) is 11.7 Å². The van der Waals surface area contributed by atoms with Crippen LogP contribution in [0.5, 0.6) is 0 Å². The van der Waals surface area contributed by atoms with Gasteiger partial charge in [-0.05, 0) is 26.7 Å². The predicted octanol–water partition coefficient (Wildman–Crippen LogP) is 0.145. The number of nitrogens with one attached hydrogen (secondary N) is 2. The Morgan fingerprint density at radius 1 is 1.41 bits per heavy atom. The molecule has 3 atom stereocenters. The second kappa shape index (κ2) is 5.49. The summed E-state index contributed by atoms with van der Waals surface area (Å²) >= 11 is 0. The van der Waals surface area contributed by atoms with Gasteiger partial charge in [-0.25, -0.2) is 0 Å². The van der Waals surface area contributed by atoms with Crippen LogP contribution in [-0.4, -0.2) is 30.4 Å². The van der Waals surface area contributed by atoms with Gasteiger partial charge in [0.2, 0.25) is 11.8 Å². The number of hydrogen-bond donors (Lipinski definition) is 3. The first kappa shape index (κ1) is 14.0. The summed E-state index contributed by atoms with van der Waals surface area (Å²) in [7, 11) is 1.55. The molecule has 98 valence electrons. The van der Waals surface area contributed by atoms with E-state index >= 15 is 0 Å². The van der Waals surface area contributed by atoms with Gasteiger partial charge in [-0.2, -0.15) is 0 Å². The fourth-order valence-electron chi connectivity index (χ4n) is 2.38. The lowest BCUT2D eigenvalue weighted by Gasteiger charge is -2.37. The molecular weight excluding hydrogens is 218 g/mol. The van der Waals surface area contributed by atoms with Crippen molar-refractivity contribution in [2.45, 2.75) is 51.1 Å². The number of carbonyl (C=O) groups excluding carboxylic acids is 2. The molecule has 4 N–H and O–H groups in total. The zero-order valence-electron chi connectivity index (χ0n) is 10.9. The van der Waals surface area contributed by atoms with Gasteiger partial charge in [0.15, 0.2) is 0 Å². The van der Waals surface area contributed by atoms with Crippen LogP contribution in [0.3, 0.4) is 0 Å². The lowest BCUT2D eigenvalue weighted by molar-refractivity contribution is -0.132. The van der Waals surface area contributed by atoms with Crippen molar-refractivity contribution in [1.29, 1.82) is 0 Å². The fraction of sp³-hybridized carbons (Fsp3) is 0.833. The second-order valence-corrected chi connectivity index (χ2v) is 5.15. The van der Waals surface area contributed by atoms with Crippen LogP contribution < -0.4 is 16.4 Å². The minimum absolute atomic E-state index is 0.106. The number of nitrogens with two attached hydrogens (primary N) is 1. The van der Waals surface area contributed by atoms with Gasteiger partial charge in [0, 0.05) is 12.6 Å². The molecule has 17 heavy (non-hydrogen) atoms. The number of hydrogen-bond acceptors (Lipinski definition) is 3. The molecule has 0 heterocycles. The van der Waals surface area contributed by atoms with Crippen LogP contribution in [0.2, 0.25) is 0 Å². The molecule has 0 aromatic rings. The van der Waals surface area contributed by atoms with Crippen molar-refractivity contribution < 1.29 is 9.59 Å².